The Bertz CT molecular complexity index is 1360. The number of sulfonamides is 2. The molecule has 1 saturated heterocycles. The molecule has 35 heavy (non-hydrogen) atoms. The van der Waals surface area contributed by atoms with Gasteiger partial charge in [0.15, 0.2) is 0 Å². The molecule has 1 aliphatic rings. The topological polar surface area (TPSA) is 140 Å². The molecule has 0 bridgehead atoms. The van der Waals surface area contributed by atoms with Crippen molar-refractivity contribution in [2.75, 3.05) is 35.9 Å². The Kier molecular flexibility index (Phi) is 7.86. The third-order valence-corrected chi connectivity index (χ3v) is 8.37. The molecule has 1 aliphatic heterocycles. The maximum atomic E-state index is 13.3. The van der Waals surface area contributed by atoms with Crippen molar-refractivity contribution in [3.8, 4) is 6.07 Å². The Labute approximate surface area is 206 Å². The molecule has 0 spiro atoms. The van der Waals surface area contributed by atoms with Gasteiger partial charge in [0.2, 0.25) is 26.0 Å². The van der Waals surface area contributed by atoms with Crippen molar-refractivity contribution in [2.24, 2.45) is 0 Å². The Morgan fingerprint density at radius 3 is 2.34 bits per heavy atom. The number of hydrogen-bond acceptors (Lipinski definition) is 7. The highest BCUT2D eigenvalue weighted by atomic mass is 32.2. The molecule has 2 aromatic carbocycles. The first-order chi connectivity index (χ1) is 16.3. The summed E-state index contributed by atoms with van der Waals surface area (Å²) in [6.07, 6.45) is 1.05. The zero-order valence-electron chi connectivity index (χ0n) is 20.0. The molecule has 0 aliphatic carbocycles. The van der Waals surface area contributed by atoms with Gasteiger partial charge < -0.3 is 5.32 Å². The first-order valence-corrected chi connectivity index (χ1v) is 14.3. The van der Waals surface area contributed by atoms with Crippen molar-refractivity contribution in [3.05, 3.63) is 53.6 Å². The molecule has 2 N–H and O–H groups in total. The van der Waals surface area contributed by atoms with Crippen LogP contribution in [0.1, 0.15) is 25.0 Å². The van der Waals surface area contributed by atoms with Gasteiger partial charge in [-0.25, -0.2) is 16.8 Å². The standard InChI is InChI=1S/C23H29N5O5S2/c1-16-8-9-20(26-34(4,30)31)11-22(16)25-23(29)15-27-13-17(2)28(18(3)14-27)35(32,33)21-7-5-6-19(10-21)12-24/h5-11,17-18,26H,13-15H2,1-4H3,(H,25,29)/t17-,18+. The van der Waals surface area contributed by atoms with Gasteiger partial charge in [-0.2, -0.15) is 9.57 Å². The van der Waals surface area contributed by atoms with Gasteiger partial charge in [-0.05, 0) is 56.7 Å². The highest BCUT2D eigenvalue weighted by molar-refractivity contribution is 7.92. The number of rotatable bonds is 7. The summed E-state index contributed by atoms with van der Waals surface area (Å²) in [7, 11) is -7.27. The maximum absolute atomic E-state index is 13.3. The van der Waals surface area contributed by atoms with Crippen LogP contribution in [0.2, 0.25) is 0 Å². The molecular weight excluding hydrogens is 490 g/mol. The van der Waals surface area contributed by atoms with Crippen molar-refractivity contribution in [2.45, 2.75) is 37.8 Å². The van der Waals surface area contributed by atoms with Crippen molar-refractivity contribution < 1.29 is 21.6 Å². The maximum Gasteiger partial charge on any atom is 0.243 e. The number of benzene rings is 2. The first kappa shape index (κ1) is 26.6. The number of anilines is 2. The van der Waals surface area contributed by atoms with Crippen molar-refractivity contribution in [3.63, 3.8) is 0 Å². The van der Waals surface area contributed by atoms with E-state index in [1.165, 1.54) is 16.4 Å². The van der Waals surface area contributed by atoms with Crippen LogP contribution in [0.25, 0.3) is 0 Å². The number of nitriles is 1. The number of amides is 1. The average molecular weight is 520 g/mol. The van der Waals surface area contributed by atoms with Crippen LogP contribution in [0.4, 0.5) is 11.4 Å². The number of carbonyl (C=O) groups is 1. The van der Waals surface area contributed by atoms with Crippen molar-refractivity contribution >= 4 is 37.3 Å². The molecule has 3 rings (SSSR count). The molecule has 0 unspecified atom stereocenters. The molecule has 0 aromatic heterocycles. The third kappa shape index (κ3) is 6.58. The van der Waals surface area contributed by atoms with Crippen LogP contribution in [-0.4, -0.2) is 69.9 Å². The molecular formula is C23H29N5O5S2. The molecule has 2 aromatic rings. The molecule has 0 saturated carbocycles. The molecule has 188 valence electrons. The van der Waals surface area contributed by atoms with E-state index in [1.54, 1.807) is 51.1 Å². The SMILES string of the molecule is Cc1ccc(NS(C)(=O)=O)cc1NC(=O)CN1C[C@@H](C)N(S(=O)(=O)c2cccc(C#N)c2)[C@@H](C)C1. The van der Waals surface area contributed by atoms with E-state index in [-0.39, 0.29) is 22.9 Å². The lowest BCUT2D eigenvalue weighted by atomic mass is 10.1. The quantitative estimate of drug-likeness (QED) is 0.570. The predicted octanol–water partition coefficient (Wildman–Crippen LogP) is 1.96. The second-order valence-electron chi connectivity index (χ2n) is 8.82. The summed E-state index contributed by atoms with van der Waals surface area (Å²) in [5.41, 5.74) is 1.88. The minimum absolute atomic E-state index is 0.0512. The third-order valence-electron chi connectivity index (χ3n) is 5.63. The summed E-state index contributed by atoms with van der Waals surface area (Å²) in [6, 6.07) is 12.0. The van der Waals surface area contributed by atoms with Crippen molar-refractivity contribution in [1.29, 1.82) is 5.26 Å². The van der Waals surface area contributed by atoms with Gasteiger partial charge >= 0.3 is 0 Å². The number of nitrogens with one attached hydrogen (secondary N) is 2. The lowest BCUT2D eigenvalue weighted by molar-refractivity contribution is -0.118. The van der Waals surface area contributed by atoms with Crippen LogP contribution in [0.15, 0.2) is 47.4 Å². The summed E-state index contributed by atoms with van der Waals surface area (Å²) >= 11 is 0. The highest BCUT2D eigenvalue weighted by Gasteiger charge is 2.38. The number of carbonyl (C=O) groups excluding carboxylic acids is 1. The Morgan fingerprint density at radius 2 is 1.74 bits per heavy atom. The van der Waals surface area contributed by atoms with E-state index < -0.39 is 32.1 Å². The number of aryl methyl sites for hydroxylation is 1. The summed E-state index contributed by atoms with van der Waals surface area (Å²) in [5, 5.41) is 11.9. The summed E-state index contributed by atoms with van der Waals surface area (Å²) in [4.78, 5) is 14.7. The van der Waals surface area contributed by atoms with Crippen LogP contribution in [0, 0.1) is 18.3 Å². The monoisotopic (exact) mass is 519 g/mol. The van der Waals surface area contributed by atoms with Gasteiger partial charge in [0.1, 0.15) is 0 Å². The van der Waals surface area contributed by atoms with Crippen molar-refractivity contribution in [1.82, 2.24) is 9.21 Å². The highest BCUT2D eigenvalue weighted by Crippen LogP contribution is 2.26. The molecule has 2 atom stereocenters. The van der Waals surface area contributed by atoms with E-state index in [2.05, 4.69) is 10.0 Å². The molecule has 12 heteroatoms. The Morgan fingerprint density at radius 1 is 1.09 bits per heavy atom. The summed E-state index contributed by atoms with van der Waals surface area (Å²) < 4.78 is 53.4. The Balaban J connectivity index is 1.69. The van der Waals surface area contributed by atoms with Crippen LogP contribution in [0.5, 0.6) is 0 Å². The fourth-order valence-electron chi connectivity index (χ4n) is 4.30. The Hall–Kier alpha value is -2.98. The van der Waals surface area contributed by atoms with Gasteiger partial charge in [0.25, 0.3) is 0 Å². The largest absolute Gasteiger partial charge is 0.325 e. The van der Waals surface area contributed by atoms with Crippen LogP contribution < -0.4 is 10.0 Å². The van der Waals surface area contributed by atoms with Gasteiger partial charge in [-0.1, -0.05) is 12.1 Å². The minimum Gasteiger partial charge on any atom is -0.325 e. The van der Waals surface area contributed by atoms with Crippen LogP contribution >= 0.6 is 0 Å². The zero-order valence-corrected chi connectivity index (χ0v) is 21.6. The minimum atomic E-state index is -3.82. The molecule has 1 fully saturated rings. The van der Waals surface area contributed by atoms with Gasteiger partial charge in [-0.15, -0.1) is 0 Å². The molecule has 10 nitrogen and oxygen atoms in total. The summed E-state index contributed by atoms with van der Waals surface area (Å²) in [6.45, 7) is 6.13. The number of piperazine rings is 1. The van der Waals surface area contributed by atoms with E-state index in [9.17, 15) is 21.6 Å². The van der Waals surface area contributed by atoms with Crippen LogP contribution in [0.3, 0.4) is 0 Å². The fraction of sp³-hybridized carbons (Fsp3) is 0.391. The first-order valence-electron chi connectivity index (χ1n) is 10.9. The summed E-state index contributed by atoms with van der Waals surface area (Å²) in [5.74, 6) is -0.290. The van der Waals surface area contributed by atoms with Gasteiger partial charge in [-0.3, -0.25) is 14.4 Å². The van der Waals surface area contributed by atoms with E-state index >= 15 is 0 Å². The zero-order chi connectivity index (χ0) is 26.0. The lowest BCUT2D eigenvalue weighted by Gasteiger charge is -2.43. The van der Waals surface area contributed by atoms with Gasteiger partial charge in [0.05, 0.1) is 35.0 Å². The predicted molar refractivity (Wildman–Crippen MR) is 134 cm³/mol. The molecule has 1 amide bonds. The molecule has 0 radical (unpaired) electrons. The molecule has 1 heterocycles. The average Bonchev–Trinajstić information content (AvgIpc) is 2.74. The second kappa shape index (κ2) is 10.3. The van der Waals surface area contributed by atoms with E-state index in [0.29, 0.717) is 24.5 Å². The van der Waals surface area contributed by atoms with E-state index in [1.807, 2.05) is 11.0 Å². The fourth-order valence-corrected chi connectivity index (χ4v) is 6.70. The van der Waals surface area contributed by atoms with Gasteiger partial charge in [0, 0.05) is 30.9 Å². The normalized spacial score (nSPS) is 19.6. The van der Waals surface area contributed by atoms with E-state index in [4.69, 9.17) is 5.26 Å². The van der Waals surface area contributed by atoms with Crippen LogP contribution in [-0.2, 0) is 24.8 Å². The smallest absolute Gasteiger partial charge is 0.243 e. The second-order valence-corrected chi connectivity index (χ2v) is 12.4. The lowest BCUT2D eigenvalue weighted by Crippen LogP contribution is -2.59. The van der Waals surface area contributed by atoms with E-state index in [0.717, 1.165) is 11.8 Å². The number of nitrogens with zero attached hydrogens (tertiary/aromatic N) is 3. The number of hydrogen-bond donors (Lipinski definition) is 2.